The highest BCUT2D eigenvalue weighted by atomic mass is 16.2. The van der Waals surface area contributed by atoms with E-state index in [1.54, 1.807) is 0 Å². The third-order valence-corrected chi connectivity index (χ3v) is 2.98. The van der Waals surface area contributed by atoms with Gasteiger partial charge in [0.25, 0.3) is 0 Å². The number of primary amides is 1. The van der Waals surface area contributed by atoms with Crippen molar-refractivity contribution >= 4 is 11.8 Å². The number of hydrogen-bond donors (Lipinski definition) is 2. The molecule has 1 saturated carbocycles. The van der Waals surface area contributed by atoms with Crippen LogP contribution in [-0.2, 0) is 9.59 Å². The van der Waals surface area contributed by atoms with Gasteiger partial charge in [0.05, 0.1) is 6.54 Å². The van der Waals surface area contributed by atoms with Gasteiger partial charge in [-0.2, -0.15) is 0 Å². The number of nitrogens with two attached hydrogens (primary N) is 1. The van der Waals surface area contributed by atoms with Gasteiger partial charge in [-0.25, -0.2) is 0 Å². The number of carbonyl (C=O) groups is 2. The van der Waals surface area contributed by atoms with Gasteiger partial charge in [0, 0.05) is 6.42 Å². The van der Waals surface area contributed by atoms with E-state index in [1.807, 2.05) is 0 Å². The molecule has 1 fully saturated rings. The lowest BCUT2D eigenvalue weighted by Crippen LogP contribution is -2.34. The molecule has 15 heavy (non-hydrogen) atoms. The minimum Gasteiger partial charge on any atom is -0.368 e. The standard InChI is InChI=1S/C11H20N2O2/c1-8-3-2-4-9(5-8)6-11(15)13-7-10(12)14/h8-9H,2-7H2,1H3,(H2,12,14)(H,13,15). The van der Waals surface area contributed by atoms with E-state index >= 15 is 0 Å². The van der Waals surface area contributed by atoms with Crippen LogP contribution in [0.25, 0.3) is 0 Å². The van der Waals surface area contributed by atoms with Gasteiger partial charge in [-0.15, -0.1) is 0 Å². The Morgan fingerprint density at radius 1 is 1.40 bits per heavy atom. The summed E-state index contributed by atoms with van der Waals surface area (Å²) in [5.41, 5.74) is 4.94. The zero-order valence-corrected chi connectivity index (χ0v) is 9.29. The molecule has 4 nitrogen and oxygen atoms in total. The molecule has 1 rings (SSSR count). The molecule has 86 valence electrons. The largest absolute Gasteiger partial charge is 0.368 e. The number of nitrogens with one attached hydrogen (secondary N) is 1. The summed E-state index contributed by atoms with van der Waals surface area (Å²) >= 11 is 0. The van der Waals surface area contributed by atoms with Crippen LogP contribution in [0.1, 0.15) is 39.0 Å². The van der Waals surface area contributed by atoms with Gasteiger partial charge in [-0.1, -0.05) is 19.8 Å². The average Bonchev–Trinajstić information content (AvgIpc) is 2.15. The molecule has 0 radical (unpaired) electrons. The van der Waals surface area contributed by atoms with Crippen molar-refractivity contribution in [3.05, 3.63) is 0 Å². The van der Waals surface area contributed by atoms with E-state index < -0.39 is 5.91 Å². The third-order valence-electron chi connectivity index (χ3n) is 2.98. The highest BCUT2D eigenvalue weighted by molar-refractivity contribution is 5.83. The van der Waals surface area contributed by atoms with Crippen molar-refractivity contribution < 1.29 is 9.59 Å². The van der Waals surface area contributed by atoms with Gasteiger partial charge in [-0.05, 0) is 24.7 Å². The first-order valence-electron chi connectivity index (χ1n) is 5.63. The van der Waals surface area contributed by atoms with Crippen LogP contribution < -0.4 is 11.1 Å². The van der Waals surface area contributed by atoms with Gasteiger partial charge in [0.2, 0.25) is 11.8 Å². The fourth-order valence-corrected chi connectivity index (χ4v) is 2.27. The lowest BCUT2D eigenvalue weighted by atomic mass is 9.81. The second-order valence-electron chi connectivity index (χ2n) is 4.58. The minimum absolute atomic E-state index is 0.0406. The zero-order valence-electron chi connectivity index (χ0n) is 9.29. The maximum Gasteiger partial charge on any atom is 0.236 e. The zero-order chi connectivity index (χ0) is 11.3. The van der Waals surface area contributed by atoms with Crippen LogP contribution in [0.5, 0.6) is 0 Å². The molecule has 2 atom stereocenters. The maximum absolute atomic E-state index is 11.4. The molecule has 0 aliphatic heterocycles. The van der Waals surface area contributed by atoms with E-state index in [0.717, 1.165) is 18.8 Å². The lowest BCUT2D eigenvalue weighted by Gasteiger charge is -2.26. The monoisotopic (exact) mass is 212 g/mol. The van der Waals surface area contributed by atoms with E-state index in [0.29, 0.717) is 12.3 Å². The molecule has 2 amide bonds. The molecule has 0 heterocycles. The van der Waals surface area contributed by atoms with Gasteiger partial charge in [-0.3, -0.25) is 9.59 Å². The number of carbonyl (C=O) groups excluding carboxylic acids is 2. The average molecular weight is 212 g/mol. The van der Waals surface area contributed by atoms with Crippen LogP contribution in [-0.4, -0.2) is 18.4 Å². The number of rotatable bonds is 4. The van der Waals surface area contributed by atoms with E-state index in [-0.39, 0.29) is 12.5 Å². The Balaban J connectivity index is 2.22. The summed E-state index contributed by atoms with van der Waals surface area (Å²) in [7, 11) is 0. The highest BCUT2D eigenvalue weighted by Crippen LogP contribution is 2.30. The predicted octanol–water partition coefficient (Wildman–Crippen LogP) is 0.804. The van der Waals surface area contributed by atoms with Gasteiger partial charge >= 0.3 is 0 Å². The molecule has 0 spiro atoms. The molecule has 2 unspecified atom stereocenters. The van der Waals surface area contributed by atoms with Crippen LogP contribution in [0, 0.1) is 11.8 Å². The summed E-state index contributed by atoms with van der Waals surface area (Å²) in [6.07, 6.45) is 5.30. The summed E-state index contributed by atoms with van der Waals surface area (Å²) < 4.78 is 0. The summed E-state index contributed by atoms with van der Waals surface area (Å²) in [4.78, 5) is 21.9. The summed E-state index contributed by atoms with van der Waals surface area (Å²) in [5.74, 6) is 0.683. The van der Waals surface area contributed by atoms with Crippen LogP contribution in [0.4, 0.5) is 0 Å². The molecule has 0 bridgehead atoms. The first-order chi connectivity index (χ1) is 7.08. The fraction of sp³-hybridized carbons (Fsp3) is 0.818. The van der Waals surface area contributed by atoms with E-state index in [1.165, 1.54) is 12.8 Å². The second-order valence-corrected chi connectivity index (χ2v) is 4.58. The minimum atomic E-state index is -0.486. The molecular formula is C11H20N2O2. The SMILES string of the molecule is CC1CCCC(CC(=O)NCC(N)=O)C1. The first-order valence-corrected chi connectivity index (χ1v) is 5.63. The van der Waals surface area contributed by atoms with Crippen LogP contribution in [0.15, 0.2) is 0 Å². The van der Waals surface area contributed by atoms with Crippen molar-refractivity contribution in [3.63, 3.8) is 0 Å². The van der Waals surface area contributed by atoms with Crippen LogP contribution >= 0.6 is 0 Å². The normalized spacial score (nSPS) is 25.9. The quantitative estimate of drug-likeness (QED) is 0.723. The second kappa shape index (κ2) is 5.73. The molecule has 0 aromatic heterocycles. The Morgan fingerprint density at radius 2 is 2.13 bits per heavy atom. The van der Waals surface area contributed by atoms with Gasteiger partial charge in [0.1, 0.15) is 0 Å². The Labute approximate surface area is 90.6 Å². The molecular weight excluding hydrogens is 192 g/mol. The van der Waals surface area contributed by atoms with Crippen molar-refractivity contribution in [2.45, 2.75) is 39.0 Å². The molecule has 0 aromatic carbocycles. The predicted molar refractivity (Wildman–Crippen MR) is 57.9 cm³/mol. The lowest BCUT2D eigenvalue weighted by molar-refractivity contribution is -0.125. The molecule has 1 aliphatic rings. The van der Waals surface area contributed by atoms with Crippen molar-refractivity contribution in [2.24, 2.45) is 17.6 Å². The Bertz CT molecular complexity index is 241. The van der Waals surface area contributed by atoms with E-state index in [9.17, 15) is 9.59 Å². The smallest absolute Gasteiger partial charge is 0.236 e. The fourth-order valence-electron chi connectivity index (χ4n) is 2.27. The molecule has 4 heteroatoms. The van der Waals surface area contributed by atoms with Gasteiger partial charge in [0.15, 0.2) is 0 Å². The molecule has 3 N–H and O–H groups in total. The molecule has 0 aromatic rings. The molecule has 0 saturated heterocycles. The van der Waals surface area contributed by atoms with Gasteiger partial charge < -0.3 is 11.1 Å². The Kier molecular flexibility index (Phi) is 4.59. The van der Waals surface area contributed by atoms with E-state index in [4.69, 9.17) is 5.73 Å². The van der Waals surface area contributed by atoms with Crippen molar-refractivity contribution in [1.29, 1.82) is 0 Å². The van der Waals surface area contributed by atoms with Crippen molar-refractivity contribution in [2.75, 3.05) is 6.54 Å². The Morgan fingerprint density at radius 3 is 2.73 bits per heavy atom. The van der Waals surface area contributed by atoms with E-state index in [2.05, 4.69) is 12.2 Å². The first kappa shape index (κ1) is 12.0. The van der Waals surface area contributed by atoms with Crippen LogP contribution in [0.2, 0.25) is 0 Å². The molecule has 1 aliphatic carbocycles. The topological polar surface area (TPSA) is 72.2 Å². The van der Waals surface area contributed by atoms with Crippen LogP contribution in [0.3, 0.4) is 0 Å². The summed E-state index contributed by atoms with van der Waals surface area (Å²) in [5, 5.41) is 2.53. The summed E-state index contributed by atoms with van der Waals surface area (Å²) in [6.45, 7) is 2.19. The summed E-state index contributed by atoms with van der Waals surface area (Å²) in [6, 6.07) is 0. The maximum atomic E-state index is 11.4. The van der Waals surface area contributed by atoms with Crippen molar-refractivity contribution in [3.8, 4) is 0 Å². The number of hydrogen-bond acceptors (Lipinski definition) is 2. The number of amides is 2. The van der Waals surface area contributed by atoms with Crippen molar-refractivity contribution in [1.82, 2.24) is 5.32 Å². The third kappa shape index (κ3) is 4.81. The Hall–Kier alpha value is -1.06. The highest BCUT2D eigenvalue weighted by Gasteiger charge is 2.21.